The van der Waals surface area contributed by atoms with Crippen LogP contribution in [0.1, 0.15) is 38.3 Å². The molecule has 0 spiro atoms. The summed E-state index contributed by atoms with van der Waals surface area (Å²) in [6, 6.07) is 11.0. The lowest BCUT2D eigenvalue weighted by molar-refractivity contribution is 0.153. The maximum absolute atomic E-state index is 5.36. The van der Waals surface area contributed by atoms with Gasteiger partial charge in [-0.15, -0.1) is 24.0 Å². The molecule has 27 heavy (non-hydrogen) atoms. The maximum Gasteiger partial charge on any atom is 0.191 e. The largest absolute Gasteiger partial charge is 0.377 e. The van der Waals surface area contributed by atoms with Gasteiger partial charge in [-0.3, -0.25) is 9.89 Å². The second kappa shape index (κ2) is 14.0. The number of hydrogen-bond donors (Lipinski definition) is 2. The first-order valence-corrected chi connectivity index (χ1v) is 9.77. The molecule has 0 radical (unpaired) electrons. The summed E-state index contributed by atoms with van der Waals surface area (Å²) in [6.45, 7) is 9.82. The lowest BCUT2D eigenvalue weighted by atomic mass is 10.1. The number of rotatable bonds is 9. The highest BCUT2D eigenvalue weighted by molar-refractivity contribution is 14.0. The van der Waals surface area contributed by atoms with Crippen LogP contribution in [0.3, 0.4) is 0 Å². The number of nitrogens with zero attached hydrogens (tertiary/aromatic N) is 2. The van der Waals surface area contributed by atoms with Gasteiger partial charge in [-0.1, -0.05) is 55.8 Å². The Bertz CT molecular complexity index is 573. The average molecular weight is 486 g/mol. The number of guanidine groups is 1. The van der Waals surface area contributed by atoms with Crippen molar-refractivity contribution in [3.8, 4) is 0 Å². The number of halogens is 1. The molecule has 1 aromatic rings. The van der Waals surface area contributed by atoms with Crippen LogP contribution >= 0.6 is 24.0 Å². The van der Waals surface area contributed by atoms with E-state index in [1.54, 1.807) is 0 Å². The van der Waals surface area contributed by atoms with Crippen molar-refractivity contribution in [3.63, 3.8) is 0 Å². The van der Waals surface area contributed by atoms with Crippen molar-refractivity contribution < 1.29 is 4.74 Å². The Morgan fingerprint density at radius 1 is 1.19 bits per heavy atom. The van der Waals surface area contributed by atoms with Gasteiger partial charge >= 0.3 is 0 Å². The molecule has 152 valence electrons. The molecule has 1 atom stereocenters. The fourth-order valence-corrected chi connectivity index (χ4v) is 3.35. The van der Waals surface area contributed by atoms with E-state index in [1.165, 1.54) is 11.1 Å². The maximum atomic E-state index is 5.36. The predicted octanol–water partition coefficient (Wildman–Crippen LogP) is 3.59. The Kier molecular flexibility index (Phi) is 12.4. The second-order valence-electron chi connectivity index (χ2n) is 6.46. The van der Waals surface area contributed by atoms with E-state index in [1.807, 2.05) is 7.05 Å². The molecule has 1 aliphatic rings. The Morgan fingerprint density at radius 3 is 2.52 bits per heavy atom. The standard InChI is InChI=1S/C21H34N4O.HI/c1-4-25(5-2)20(19-9-7-6-8-10-19)17-24-21(22-3)23-14-11-18-12-15-26-16-13-18;/h6-10,12,20H,4-5,11,13-17H2,1-3H3,(H2,22,23,24);1H. The summed E-state index contributed by atoms with van der Waals surface area (Å²) in [5.74, 6) is 0.866. The summed E-state index contributed by atoms with van der Waals surface area (Å²) < 4.78 is 5.36. The average Bonchev–Trinajstić information content (AvgIpc) is 2.71. The summed E-state index contributed by atoms with van der Waals surface area (Å²) >= 11 is 0. The van der Waals surface area contributed by atoms with Crippen LogP contribution in [0, 0.1) is 0 Å². The second-order valence-corrected chi connectivity index (χ2v) is 6.46. The Morgan fingerprint density at radius 2 is 1.93 bits per heavy atom. The summed E-state index contributed by atoms with van der Waals surface area (Å²) in [7, 11) is 1.83. The Balaban J connectivity index is 0.00000364. The van der Waals surface area contributed by atoms with Gasteiger partial charge in [-0.25, -0.2) is 0 Å². The lowest BCUT2D eigenvalue weighted by Gasteiger charge is -2.30. The van der Waals surface area contributed by atoms with Crippen molar-refractivity contribution in [3.05, 3.63) is 47.5 Å². The third kappa shape index (κ3) is 8.19. The summed E-state index contributed by atoms with van der Waals surface area (Å²) in [5.41, 5.74) is 2.82. The van der Waals surface area contributed by atoms with Gasteiger partial charge in [-0.2, -0.15) is 0 Å². The number of likely N-dealkylation sites (N-methyl/N-ethyl adjacent to an activating group) is 1. The Labute approximate surface area is 181 Å². The van der Waals surface area contributed by atoms with Gasteiger partial charge in [0.05, 0.1) is 19.3 Å². The highest BCUT2D eigenvalue weighted by Crippen LogP contribution is 2.19. The minimum Gasteiger partial charge on any atom is -0.377 e. The van der Waals surface area contributed by atoms with Gasteiger partial charge in [0, 0.05) is 20.1 Å². The summed E-state index contributed by atoms with van der Waals surface area (Å²) in [6.07, 6.45) is 4.29. The van der Waals surface area contributed by atoms with E-state index >= 15 is 0 Å². The van der Waals surface area contributed by atoms with Crippen molar-refractivity contribution in [1.82, 2.24) is 15.5 Å². The lowest BCUT2D eigenvalue weighted by Crippen LogP contribution is -2.43. The molecule has 2 rings (SSSR count). The van der Waals surface area contributed by atoms with Crippen molar-refractivity contribution in [2.45, 2.75) is 32.7 Å². The third-order valence-corrected chi connectivity index (χ3v) is 4.92. The normalized spacial score (nSPS) is 15.7. The first-order chi connectivity index (χ1) is 12.8. The van der Waals surface area contributed by atoms with E-state index < -0.39 is 0 Å². The number of nitrogens with one attached hydrogen (secondary N) is 2. The third-order valence-electron chi connectivity index (χ3n) is 4.92. The Hall–Kier alpha value is -1.12. The molecule has 5 nitrogen and oxygen atoms in total. The molecule has 0 saturated heterocycles. The SMILES string of the molecule is CCN(CC)C(CNC(=NC)NCCC1=CCOCC1)c1ccccc1.I. The van der Waals surface area contributed by atoms with E-state index in [0.29, 0.717) is 6.04 Å². The van der Waals surface area contributed by atoms with Crippen LogP contribution in [-0.2, 0) is 4.74 Å². The van der Waals surface area contributed by atoms with Gasteiger partial charge in [0.1, 0.15) is 0 Å². The van der Waals surface area contributed by atoms with Crippen LogP contribution < -0.4 is 10.6 Å². The van der Waals surface area contributed by atoms with E-state index in [-0.39, 0.29) is 24.0 Å². The highest BCUT2D eigenvalue weighted by Gasteiger charge is 2.18. The molecule has 1 unspecified atom stereocenters. The van der Waals surface area contributed by atoms with E-state index in [2.05, 4.69) is 70.8 Å². The number of aliphatic imine (C=N–C) groups is 1. The van der Waals surface area contributed by atoms with Crippen LogP contribution in [0.2, 0.25) is 0 Å². The summed E-state index contributed by atoms with van der Waals surface area (Å²) in [4.78, 5) is 6.85. The molecule has 0 bridgehead atoms. The molecule has 2 N–H and O–H groups in total. The molecule has 0 aromatic heterocycles. The van der Waals surface area contributed by atoms with Crippen molar-refractivity contribution in [1.29, 1.82) is 0 Å². The minimum atomic E-state index is 0. The van der Waals surface area contributed by atoms with E-state index in [9.17, 15) is 0 Å². The van der Waals surface area contributed by atoms with Crippen LogP contribution in [0.25, 0.3) is 0 Å². The van der Waals surface area contributed by atoms with Crippen molar-refractivity contribution >= 4 is 29.9 Å². The quantitative estimate of drug-likeness (QED) is 0.243. The first-order valence-electron chi connectivity index (χ1n) is 9.77. The van der Waals surface area contributed by atoms with Crippen LogP contribution in [-0.4, -0.2) is 57.3 Å². The molecule has 0 amide bonds. The molecule has 1 heterocycles. The topological polar surface area (TPSA) is 48.9 Å². The van der Waals surface area contributed by atoms with Crippen molar-refractivity contribution in [2.24, 2.45) is 4.99 Å². The fourth-order valence-electron chi connectivity index (χ4n) is 3.35. The van der Waals surface area contributed by atoms with Gasteiger partial charge < -0.3 is 15.4 Å². The monoisotopic (exact) mass is 486 g/mol. The minimum absolute atomic E-state index is 0. The van der Waals surface area contributed by atoms with Gasteiger partial charge in [-0.05, 0) is 31.5 Å². The fraction of sp³-hybridized carbons (Fsp3) is 0.571. The molecule has 0 fully saturated rings. The smallest absolute Gasteiger partial charge is 0.191 e. The van der Waals surface area contributed by atoms with Gasteiger partial charge in [0.15, 0.2) is 5.96 Å². The highest BCUT2D eigenvalue weighted by atomic mass is 127. The van der Waals surface area contributed by atoms with E-state index in [4.69, 9.17) is 4.74 Å². The van der Waals surface area contributed by atoms with Gasteiger partial charge in [0.25, 0.3) is 0 Å². The number of benzene rings is 1. The number of hydrogen-bond acceptors (Lipinski definition) is 3. The molecule has 6 heteroatoms. The summed E-state index contributed by atoms with van der Waals surface area (Å²) in [5, 5.41) is 6.95. The molecule has 1 aromatic carbocycles. The van der Waals surface area contributed by atoms with Gasteiger partial charge in [0.2, 0.25) is 0 Å². The zero-order valence-electron chi connectivity index (χ0n) is 16.9. The van der Waals surface area contributed by atoms with Crippen LogP contribution in [0.15, 0.2) is 47.0 Å². The first kappa shape index (κ1) is 23.9. The molecule has 0 aliphatic carbocycles. The van der Waals surface area contributed by atoms with Crippen LogP contribution in [0.4, 0.5) is 0 Å². The number of ether oxygens (including phenoxy) is 1. The molecule has 0 saturated carbocycles. The predicted molar refractivity (Wildman–Crippen MR) is 125 cm³/mol. The van der Waals surface area contributed by atoms with Crippen molar-refractivity contribution in [2.75, 3.05) is 46.4 Å². The molecule has 1 aliphatic heterocycles. The zero-order chi connectivity index (χ0) is 18.6. The zero-order valence-corrected chi connectivity index (χ0v) is 19.2. The molecular weight excluding hydrogens is 451 g/mol. The van der Waals surface area contributed by atoms with E-state index in [0.717, 1.165) is 58.2 Å². The van der Waals surface area contributed by atoms with Crippen LogP contribution in [0.5, 0.6) is 0 Å². The molecular formula is C21H35IN4O.